The Labute approximate surface area is 104 Å². The van der Waals surface area contributed by atoms with Crippen LogP contribution in [0.1, 0.15) is 52.4 Å². The molecule has 16 heavy (non-hydrogen) atoms. The summed E-state index contributed by atoms with van der Waals surface area (Å²) in [7, 11) is 0. The molecule has 3 atom stereocenters. The molecule has 2 aliphatic rings. The summed E-state index contributed by atoms with van der Waals surface area (Å²) in [6.07, 6.45) is 7.95. The van der Waals surface area contributed by atoms with Crippen LogP contribution in [0.4, 0.5) is 0 Å². The predicted octanol–water partition coefficient (Wildman–Crippen LogP) is 3.43. The van der Waals surface area contributed by atoms with E-state index in [0.29, 0.717) is 12.1 Å². The second-order valence-corrected chi connectivity index (χ2v) is 6.23. The number of rotatable bonds is 2. The topological polar surface area (TPSA) is 24.4 Å². The Kier molecular flexibility index (Phi) is 4.56. The molecule has 1 aliphatic heterocycles. The van der Waals surface area contributed by atoms with Crippen LogP contribution in [0.25, 0.3) is 0 Å². The molecule has 0 aromatic heterocycles. The molecule has 1 aliphatic carbocycles. The van der Waals surface area contributed by atoms with Crippen LogP contribution < -0.4 is 5.32 Å². The summed E-state index contributed by atoms with van der Waals surface area (Å²) in [4.78, 5) is 4.94. The zero-order valence-electron chi connectivity index (χ0n) is 10.5. The van der Waals surface area contributed by atoms with Crippen molar-refractivity contribution in [3.05, 3.63) is 0 Å². The molecular weight excluding hydrogens is 216 g/mol. The fraction of sp³-hybridized carbons (Fsp3) is 0.923. The Morgan fingerprint density at radius 1 is 1.31 bits per heavy atom. The molecule has 1 N–H and O–H groups in total. The van der Waals surface area contributed by atoms with Crippen LogP contribution in [0.2, 0.25) is 0 Å². The predicted molar refractivity (Wildman–Crippen MR) is 73.1 cm³/mol. The molecule has 2 nitrogen and oxygen atoms in total. The van der Waals surface area contributed by atoms with Gasteiger partial charge >= 0.3 is 0 Å². The Balaban J connectivity index is 1.93. The van der Waals surface area contributed by atoms with Gasteiger partial charge in [0.15, 0.2) is 5.17 Å². The molecule has 1 heterocycles. The van der Waals surface area contributed by atoms with E-state index in [9.17, 15) is 0 Å². The molecule has 0 amide bonds. The maximum atomic E-state index is 4.94. The number of hydrogen-bond acceptors (Lipinski definition) is 2. The maximum absolute atomic E-state index is 4.94. The monoisotopic (exact) mass is 240 g/mol. The van der Waals surface area contributed by atoms with Crippen molar-refractivity contribution in [2.24, 2.45) is 10.9 Å². The van der Waals surface area contributed by atoms with Gasteiger partial charge in [-0.2, -0.15) is 0 Å². The van der Waals surface area contributed by atoms with E-state index >= 15 is 0 Å². The summed E-state index contributed by atoms with van der Waals surface area (Å²) in [6.45, 7) is 4.62. The van der Waals surface area contributed by atoms with Crippen molar-refractivity contribution in [2.45, 2.75) is 64.5 Å². The van der Waals surface area contributed by atoms with Gasteiger partial charge in [0.05, 0.1) is 6.04 Å². The van der Waals surface area contributed by atoms with Crippen molar-refractivity contribution >= 4 is 16.9 Å². The molecular formula is C13H24N2S. The molecule has 0 spiro atoms. The molecule has 2 rings (SSSR count). The van der Waals surface area contributed by atoms with E-state index in [4.69, 9.17) is 4.99 Å². The third-order valence-corrected chi connectivity index (χ3v) is 4.81. The van der Waals surface area contributed by atoms with Crippen LogP contribution >= 0.6 is 11.8 Å². The normalized spacial score (nSPS) is 38.4. The largest absolute Gasteiger partial charge is 0.362 e. The van der Waals surface area contributed by atoms with Crippen molar-refractivity contribution in [3.63, 3.8) is 0 Å². The Morgan fingerprint density at radius 2 is 2.12 bits per heavy atom. The van der Waals surface area contributed by atoms with Crippen LogP contribution in [-0.4, -0.2) is 23.0 Å². The minimum absolute atomic E-state index is 0.583. The Hall–Kier alpha value is -0.180. The summed E-state index contributed by atoms with van der Waals surface area (Å²) in [5, 5.41) is 4.80. The lowest BCUT2D eigenvalue weighted by Gasteiger charge is -2.29. The highest BCUT2D eigenvalue weighted by atomic mass is 32.2. The van der Waals surface area contributed by atoms with E-state index in [1.165, 1.54) is 49.4 Å². The molecule has 2 fully saturated rings. The van der Waals surface area contributed by atoms with Crippen molar-refractivity contribution in [2.75, 3.05) is 5.75 Å². The Bertz CT molecular complexity index is 252. The third kappa shape index (κ3) is 3.16. The van der Waals surface area contributed by atoms with Crippen LogP contribution in [0.3, 0.4) is 0 Å². The highest BCUT2D eigenvalue weighted by Crippen LogP contribution is 2.27. The summed E-state index contributed by atoms with van der Waals surface area (Å²) < 4.78 is 0. The van der Waals surface area contributed by atoms with Gasteiger partial charge in [-0.25, -0.2) is 0 Å². The molecule has 0 aromatic rings. The summed E-state index contributed by atoms with van der Waals surface area (Å²) in [5.41, 5.74) is 0. The van der Waals surface area contributed by atoms with Crippen molar-refractivity contribution in [3.8, 4) is 0 Å². The SMILES string of the molecule is CCC1CCSC(=NC2CCCCC2C)N1. The first-order valence-electron chi connectivity index (χ1n) is 6.76. The van der Waals surface area contributed by atoms with Gasteiger partial charge in [-0.1, -0.05) is 38.5 Å². The van der Waals surface area contributed by atoms with Crippen LogP contribution in [0.15, 0.2) is 4.99 Å². The molecule has 3 unspecified atom stereocenters. The van der Waals surface area contributed by atoms with Crippen LogP contribution in [0.5, 0.6) is 0 Å². The zero-order chi connectivity index (χ0) is 11.4. The average Bonchev–Trinajstić information content (AvgIpc) is 2.32. The quantitative estimate of drug-likeness (QED) is 0.799. The summed E-state index contributed by atoms with van der Waals surface area (Å²) in [5.74, 6) is 2.02. The molecule has 92 valence electrons. The van der Waals surface area contributed by atoms with Gasteiger partial charge in [0.1, 0.15) is 0 Å². The number of nitrogens with one attached hydrogen (secondary N) is 1. The van der Waals surface area contributed by atoms with Gasteiger partial charge in [-0.3, -0.25) is 4.99 Å². The molecule has 1 saturated heterocycles. The number of aliphatic imine (C=N–C) groups is 1. The fourth-order valence-corrected chi connectivity index (χ4v) is 3.66. The lowest BCUT2D eigenvalue weighted by atomic mass is 9.86. The van der Waals surface area contributed by atoms with Gasteiger partial charge in [-0.05, 0) is 31.6 Å². The molecule has 1 saturated carbocycles. The fourth-order valence-electron chi connectivity index (χ4n) is 2.61. The number of thioether (sulfide) groups is 1. The lowest BCUT2D eigenvalue weighted by Crippen LogP contribution is -2.38. The van der Waals surface area contributed by atoms with Crippen LogP contribution in [0, 0.1) is 5.92 Å². The zero-order valence-corrected chi connectivity index (χ0v) is 11.4. The first-order chi connectivity index (χ1) is 7.79. The summed E-state index contributed by atoms with van der Waals surface area (Å²) >= 11 is 1.92. The number of amidine groups is 1. The number of nitrogens with zero attached hydrogens (tertiary/aromatic N) is 1. The molecule has 3 heteroatoms. The average molecular weight is 240 g/mol. The van der Waals surface area contributed by atoms with Gasteiger partial charge in [0, 0.05) is 11.8 Å². The van der Waals surface area contributed by atoms with Gasteiger partial charge in [0.2, 0.25) is 0 Å². The van der Waals surface area contributed by atoms with E-state index in [1.54, 1.807) is 0 Å². The van der Waals surface area contributed by atoms with Crippen molar-refractivity contribution < 1.29 is 0 Å². The second kappa shape index (κ2) is 5.95. The number of hydrogen-bond donors (Lipinski definition) is 1. The Morgan fingerprint density at radius 3 is 2.88 bits per heavy atom. The highest BCUT2D eigenvalue weighted by molar-refractivity contribution is 8.13. The lowest BCUT2D eigenvalue weighted by molar-refractivity contribution is 0.332. The minimum atomic E-state index is 0.583. The van der Waals surface area contributed by atoms with E-state index in [1.807, 2.05) is 11.8 Å². The van der Waals surface area contributed by atoms with Crippen LogP contribution in [-0.2, 0) is 0 Å². The van der Waals surface area contributed by atoms with E-state index in [-0.39, 0.29) is 0 Å². The molecule has 0 radical (unpaired) electrons. The molecule has 0 aromatic carbocycles. The van der Waals surface area contributed by atoms with E-state index < -0.39 is 0 Å². The van der Waals surface area contributed by atoms with Gasteiger partial charge in [-0.15, -0.1) is 0 Å². The van der Waals surface area contributed by atoms with Gasteiger partial charge < -0.3 is 5.32 Å². The third-order valence-electron chi connectivity index (χ3n) is 3.87. The van der Waals surface area contributed by atoms with Crippen molar-refractivity contribution in [1.29, 1.82) is 0 Å². The second-order valence-electron chi connectivity index (χ2n) is 5.15. The van der Waals surface area contributed by atoms with E-state index in [2.05, 4.69) is 19.2 Å². The highest BCUT2D eigenvalue weighted by Gasteiger charge is 2.23. The van der Waals surface area contributed by atoms with E-state index in [0.717, 1.165) is 5.92 Å². The smallest absolute Gasteiger partial charge is 0.157 e. The summed E-state index contributed by atoms with van der Waals surface area (Å²) in [6, 6.07) is 1.25. The first-order valence-corrected chi connectivity index (χ1v) is 7.75. The standard InChI is InChI=1S/C13H24N2S/c1-3-11-8-9-16-13(14-11)15-12-7-5-4-6-10(12)2/h10-12H,3-9H2,1-2H3,(H,14,15). The van der Waals surface area contributed by atoms with Crippen molar-refractivity contribution in [1.82, 2.24) is 5.32 Å². The maximum Gasteiger partial charge on any atom is 0.157 e. The minimum Gasteiger partial charge on any atom is -0.362 e. The first kappa shape index (κ1) is 12.3. The molecule has 0 bridgehead atoms. The van der Waals surface area contributed by atoms with Gasteiger partial charge in [0.25, 0.3) is 0 Å².